The lowest BCUT2D eigenvalue weighted by molar-refractivity contribution is -0.122. The summed E-state index contributed by atoms with van der Waals surface area (Å²) in [5.41, 5.74) is 1.15. The number of halogens is 1. The number of benzene rings is 1. The Labute approximate surface area is 146 Å². The number of carbonyl (C=O) groups excluding carboxylic acids is 1. The van der Waals surface area contributed by atoms with Gasteiger partial charge in [0.2, 0.25) is 5.91 Å². The van der Waals surface area contributed by atoms with Crippen LogP contribution in [0.4, 0.5) is 4.39 Å². The Morgan fingerprint density at radius 1 is 1.48 bits per heavy atom. The van der Waals surface area contributed by atoms with Crippen molar-refractivity contribution >= 4 is 5.91 Å². The van der Waals surface area contributed by atoms with Crippen LogP contribution < -0.4 is 10.1 Å². The Morgan fingerprint density at radius 2 is 2.36 bits per heavy atom. The van der Waals surface area contributed by atoms with E-state index in [1.807, 2.05) is 19.4 Å². The topological polar surface area (TPSA) is 59.4 Å². The smallest absolute Gasteiger partial charge is 0.234 e. The standard InChI is InChI=1S/C18H23FN4O2/c1-22-12-14(11-21-22)17-6-3-8-23(17)13-18(24)20-7-9-25-16-5-2-4-15(19)10-16/h2,4-5,10-12,17H,3,6-9,13H2,1H3,(H,20,24). The number of nitrogens with zero attached hydrogens (tertiary/aromatic N) is 3. The first kappa shape index (κ1) is 17.4. The third-order valence-corrected chi connectivity index (χ3v) is 4.31. The predicted octanol–water partition coefficient (Wildman–Crippen LogP) is 1.89. The fraction of sp³-hybridized carbons (Fsp3) is 0.444. The number of likely N-dealkylation sites (tertiary alicyclic amines) is 1. The van der Waals surface area contributed by atoms with Crippen molar-refractivity contribution in [1.29, 1.82) is 0 Å². The van der Waals surface area contributed by atoms with Crippen molar-refractivity contribution in [2.24, 2.45) is 7.05 Å². The molecular weight excluding hydrogens is 323 g/mol. The molecule has 7 heteroatoms. The van der Waals surface area contributed by atoms with E-state index < -0.39 is 0 Å². The Bertz CT molecular complexity index is 719. The molecule has 2 aromatic rings. The molecule has 1 unspecified atom stereocenters. The van der Waals surface area contributed by atoms with Gasteiger partial charge in [-0.25, -0.2) is 4.39 Å². The molecule has 1 aliphatic heterocycles. The van der Waals surface area contributed by atoms with Gasteiger partial charge in [0.1, 0.15) is 18.2 Å². The molecule has 0 saturated carbocycles. The molecule has 6 nitrogen and oxygen atoms in total. The zero-order valence-electron chi connectivity index (χ0n) is 14.3. The largest absolute Gasteiger partial charge is 0.492 e. The number of carbonyl (C=O) groups is 1. The van der Waals surface area contributed by atoms with Crippen molar-refractivity contribution < 1.29 is 13.9 Å². The van der Waals surface area contributed by atoms with E-state index in [2.05, 4.69) is 15.3 Å². The fourth-order valence-corrected chi connectivity index (χ4v) is 3.16. The minimum Gasteiger partial charge on any atom is -0.492 e. The Kier molecular flexibility index (Phi) is 5.65. The molecule has 25 heavy (non-hydrogen) atoms. The third kappa shape index (κ3) is 4.79. The van der Waals surface area contributed by atoms with Crippen LogP contribution in [0.5, 0.6) is 5.75 Å². The molecule has 1 aromatic heterocycles. The van der Waals surface area contributed by atoms with Crippen LogP contribution in [0, 0.1) is 5.82 Å². The van der Waals surface area contributed by atoms with Crippen molar-refractivity contribution in [3.05, 3.63) is 48.0 Å². The SMILES string of the molecule is Cn1cc(C2CCCN2CC(=O)NCCOc2cccc(F)c2)cn1. The minimum absolute atomic E-state index is 0.0290. The van der Waals surface area contributed by atoms with Gasteiger partial charge in [-0.3, -0.25) is 14.4 Å². The van der Waals surface area contributed by atoms with E-state index in [1.54, 1.807) is 16.8 Å². The van der Waals surface area contributed by atoms with Crippen LogP contribution >= 0.6 is 0 Å². The van der Waals surface area contributed by atoms with Crippen LogP contribution in [0.15, 0.2) is 36.7 Å². The third-order valence-electron chi connectivity index (χ3n) is 4.31. The number of amides is 1. The highest BCUT2D eigenvalue weighted by Gasteiger charge is 2.28. The Hall–Kier alpha value is -2.41. The highest BCUT2D eigenvalue weighted by atomic mass is 19.1. The molecule has 1 atom stereocenters. The van der Waals surface area contributed by atoms with Gasteiger partial charge in [0.15, 0.2) is 0 Å². The second-order valence-electron chi connectivity index (χ2n) is 6.23. The van der Waals surface area contributed by atoms with E-state index in [1.165, 1.54) is 12.1 Å². The number of rotatable bonds is 7. The molecule has 134 valence electrons. The van der Waals surface area contributed by atoms with Gasteiger partial charge in [0, 0.05) is 30.9 Å². The zero-order chi connectivity index (χ0) is 17.6. The lowest BCUT2D eigenvalue weighted by Gasteiger charge is -2.22. The number of hydrogen-bond acceptors (Lipinski definition) is 4. The van der Waals surface area contributed by atoms with Crippen LogP contribution in [-0.4, -0.2) is 46.8 Å². The maximum atomic E-state index is 13.0. The first-order chi connectivity index (χ1) is 12.1. The van der Waals surface area contributed by atoms with Gasteiger partial charge in [0.25, 0.3) is 0 Å². The lowest BCUT2D eigenvalue weighted by Crippen LogP contribution is -2.38. The highest BCUT2D eigenvalue weighted by molar-refractivity contribution is 5.78. The Morgan fingerprint density at radius 3 is 3.12 bits per heavy atom. The van der Waals surface area contributed by atoms with Crippen LogP contribution in [0.1, 0.15) is 24.4 Å². The second kappa shape index (κ2) is 8.11. The van der Waals surface area contributed by atoms with Crippen molar-refractivity contribution in [3.63, 3.8) is 0 Å². The van der Waals surface area contributed by atoms with Gasteiger partial charge >= 0.3 is 0 Å². The average Bonchev–Trinajstić information content (AvgIpc) is 3.20. The normalized spacial score (nSPS) is 17.6. The molecule has 1 N–H and O–H groups in total. The summed E-state index contributed by atoms with van der Waals surface area (Å²) >= 11 is 0. The molecular formula is C18H23FN4O2. The summed E-state index contributed by atoms with van der Waals surface area (Å²) < 4.78 is 20.3. The molecule has 0 bridgehead atoms. The quantitative estimate of drug-likeness (QED) is 0.778. The first-order valence-electron chi connectivity index (χ1n) is 8.49. The zero-order valence-corrected chi connectivity index (χ0v) is 14.3. The number of aryl methyl sites for hydroxylation is 1. The summed E-state index contributed by atoms with van der Waals surface area (Å²) in [4.78, 5) is 14.3. The molecule has 0 radical (unpaired) electrons. The highest BCUT2D eigenvalue weighted by Crippen LogP contribution is 2.30. The van der Waals surface area contributed by atoms with Gasteiger partial charge in [-0.1, -0.05) is 6.07 Å². The number of ether oxygens (including phenoxy) is 1. The molecule has 0 aliphatic carbocycles. The van der Waals surface area contributed by atoms with Crippen molar-refractivity contribution in [1.82, 2.24) is 20.0 Å². The molecule has 1 saturated heterocycles. The maximum Gasteiger partial charge on any atom is 0.234 e. The van der Waals surface area contributed by atoms with E-state index in [0.717, 1.165) is 24.9 Å². The molecule has 3 rings (SSSR count). The monoisotopic (exact) mass is 346 g/mol. The van der Waals surface area contributed by atoms with Crippen molar-refractivity contribution in [2.75, 3.05) is 26.2 Å². The van der Waals surface area contributed by atoms with Crippen LogP contribution in [0.2, 0.25) is 0 Å². The van der Waals surface area contributed by atoms with Gasteiger partial charge < -0.3 is 10.1 Å². The van der Waals surface area contributed by atoms with Crippen LogP contribution in [0.25, 0.3) is 0 Å². The molecule has 1 amide bonds. The number of hydrogen-bond donors (Lipinski definition) is 1. The maximum absolute atomic E-state index is 13.0. The summed E-state index contributed by atoms with van der Waals surface area (Å²) in [5.74, 6) is 0.0982. The van der Waals surface area contributed by atoms with Gasteiger partial charge in [-0.2, -0.15) is 5.10 Å². The molecule has 0 spiro atoms. The van der Waals surface area contributed by atoms with Crippen molar-refractivity contribution in [3.8, 4) is 5.75 Å². The second-order valence-corrected chi connectivity index (χ2v) is 6.23. The summed E-state index contributed by atoms with van der Waals surface area (Å²) in [5, 5.41) is 7.07. The van der Waals surface area contributed by atoms with Gasteiger partial charge in [0.05, 0.1) is 19.3 Å². The van der Waals surface area contributed by atoms with Gasteiger partial charge in [-0.15, -0.1) is 0 Å². The molecule has 1 aliphatic rings. The summed E-state index contributed by atoms with van der Waals surface area (Å²) in [7, 11) is 1.90. The molecule has 2 heterocycles. The first-order valence-corrected chi connectivity index (χ1v) is 8.49. The lowest BCUT2D eigenvalue weighted by atomic mass is 10.1. The predicted molar refractivity (Wildman–Crippen MR) is 91.7 cm³/mol. The van der Waals surface area contributed by atoms with Crippen LogP contribution in [-0.2, 0) is 11.8 Å². The molecule has 1 aromatic carbocycles. The summed E-state index contributed by atoms with van der Waals surface area (Å²) in [6, 6.07) is 6.22. The van der Waals surface area contributed by atoms with E-state index in [0.29, 0.717) is 25.4 Å². The number of nitrogens with one attached hydrogen (secondary N) is 1. The minimum atomic E-state index is -0.336. The van der Waals surface area contributed by atoms with Crippen LogP contribution in [0.3, 0.4) is 0 Å². The Balaban J connectivity index is 1.41. The summed E-state index contributed by atoms with van der Waals surface area (Å²) in [6.45, 7) is 1.97. The van der Waals surface area contributed by atoms with Gasteiger partial charge in [-0.05, 0) is 31.5 Å². The van der Waals surface area contributed by atoms with E-state index in [4.69, 9.17) is 4.74 Å². The van der Waals surface area contributed by atoms with Crippen molar-refractivity contribution in [2.45, 2.75) is 18.9 Å². The van der Waals surface area contributed by atoms with E-state index in [-0.39, 0.29) is 17.8 Å². The molecule has 1 fully saturated rings. The number of aromatic nitrogens is 2. The van der Waals surface area contributed by atoms with E-state index in [9.17, 15) is 9.18 Å². The summed E-state index contributed by atoms with van der Waals surface area (Å²) in [6.07, 6.45) is 6.00. The average molecular weight is 346 g/mol. The van der Waals surface area contributed by atoms with E-state index >= 15 is 0 Å². The fourth-order valence-electron chi connectivity index (χ4n) is 3.16.